The second-order valence-corrected chi connectivity index (χ2v) is 9.70. The Bertz CT molecular complexity index is 1390. The first-order valence-electron chi connectivity index (χ1n) is 12.0. The Kier molecular flexibility index (Phi) is 7.24. The van der Waals surface area contributed by atoms with Gasteiger partial charge in [0.2, 0.25) is 0 Å². The second-order valence-electron chi connectivity index (χ2n) is 8.78. The minimum Gasteiger partial charge on any atom is -0.497 e. The van der Waals surface area contributed by atoms with Gasteiger partial charge in [-0.2, -0.15) is 0 Å². The van der Waals surface area contributed by atoms with E-state index in [4.69, 9.17) is 9.72 Å². The number of pyridine rings is 2. The molecular weight excluding hydrogens is 498 g/mol. The standard InChI is InChI=1S/C30H28BrN3O/c1-35-28-12-8-21(9-13-28)19-33-30-24(16-25-17-27(31)11-14-29(25)34-30)10-7-22-15-26(20-32-18-22)23-5-3-2-4-6-23/h5,7-18,20H,2-4,6,19H2,1H3,(H,33,34). The van der Waals surface area contributed by atoms with Crippen LogP contribution in [0.3, 0.4) is 0 Å². The summed E-state index contributed by atoms with van der Waals surface area (Å²) < 4.78 is 6.32. The number of hydrogen-bond donors (Lipinski definition) is 1. The van der Waals surface area contributed by atoms with Crippen LogP contribution < -0.4 is 10.1 Å². The van der Waals surface area contributed by atoms with Crippen molar-refractivity contribution in [2.75, 3.05) is 12.4 Å². The molecule has 0 amide bonds. The maximum Gasteiger partial charge on any atom is 0.134 e. The van der Waals surface area contributed by atoms with Crippen LogP contribution in [0.1, 0.15) is 47.9 Å². The Morgan fingerprint density at radius 3 is 2.69 bits per heavy atom. The number of rotatable bonds is 7. The molecule has 1 aliphatic carbocycles. The molecule has 1 aliphatic rings. The molecule has 35 heavy (non-hydrogen) atoms. The fourth-order valence-corrected chi connectivity index (χ4v) is 4.75. The van der Waals surface area contributed by atoms with Gasteiger partial charge < -0.3 is 10.1 Å². The molecule has 4 aromatic rings. The molecule has 2 aromatic heterocycles. The minimum atomic E-state index is 0.672. The monoisotopic (exact) mass is 525 g/mol. The number of fused-ring (bicyclic) bond motifs is 1. The van der Waals surface area contributed by atoms with Crippen LogP contribution in [0.2, 0.25) is 0 Å². The minimum absolute atomic E-state index is 0.672. The first-order valence-corrected chi connectivity index (χ1v) is 12.8. The van der Waals surface area contributed by atoms with Crippen molar-refractivity contribution in [1.82, 2.24) is 9.97 Å². The molecule has 0 radical (unpaired) electrons. The van der Waals surface area contributed by atoms with Gasteiger partial charge in [0.15, 0.2) is 0 Å². The maximum atomic E-state index is 5.28. The van der Waals surface area contributed by atoms with Gasteiger partial charge >= 0.3 is 0 Å². The molecule has 2 aromatic carbocycles. The molecule has 0 unspecified atom stereocenters. The molecule has 0 saturated carbocycles. The van der Waals surface area contributed by atoms with E-state index in [1.54, 1.807) is 7.11 Å². The Balaban J connectivity index is 1.44. The van der Waals surface area contributed by atoms with E-state index in [0.29, 0.717) is 6.54 Å². The average Bonchev–Trinajstić information content (AvgIpc) is 2.91. The van der Waals surface area contributed by atoms with Crippen molar-refractivity contribution < 1.29 is 4.74 Å². The van der Waals surface area contributed by atoms with Crippen LogP contribution in [0, 0.1) is 0 Å². The number of aromatic nitrogens is 2. The quantitative estimate of drug-likeness (QED) is 0.264. The van der Waals surface area contributed by atoms with Crippen molar-refractivity contribution in [2.24, 2.45) is 0 Å². The van der Waals surface area contributed by atoms with Crippen molar-refractivity contribution >= 4 is 50.4 Å². The maximum absolute atomic E-state index is 5.28. The zero-order valence-corrected chi connectivity index (χ0v) is 21.4. The Morgan fingerprint density at radius 2 is 1.89 bits per heavy atom. The van der Waals surface area contributed by atoms with Gasteiger partial charge in [-0.05, 0) is 90.4 Å². The Hall–Kier alpha value is -3.44. The van der Waals surface area contributed by atoms with Gasteiger partial charge in [-0.1, -0.05) is 46.3 Å². The van der Waals surface area contributed by atoms with E-state index >= 15 is 0 Å². The number of methoxy groups -OCH3 is 1. The first kappa shape index (κ1) is 23.3. The number of ether oxygens (including phenoxy) is 1. The summed E-state index contributed by atoms with van der Waals surface area (Å²) in [5.41, 5.74) is 6.88. The summed E-state index contributed by atoms with van der Waals surface area (Å²) in [6.45, 7) is 0.672. The highest BCUT2D eigenvalue weighted by molar-refractivity contribution is 9.10. The molecule has 4 nitrogen and oxygen atoms in total. The smallest absolute Gasteiger partial charge is 0.134 e. The summed E-state index contributed by atoms with van der Waals surface area (Å²) in [5.74, 6) is 1.71. The summed E-state index contributed by atoms with van der Waals surface area (Å²) in [5, 5.41) is 4.62. The number of nitrogens with one attached hydrogen (secondary N) is 1. The van der Waals surface area contributed by atoms with Crippen LogP contribution in [-0.2, 0) is 6.54 Å². The zero-order chi connectivity index (χ0) is 24.0. The number of hydrogen-bond acceptors (Lipinski definition) is 4. The summed E-state index contributed by atoms with van der Waals surface area (Å²) in [7, 11) is 1.68. The predicted octanol–water partition coefficient (Wildman–Crippen LogP) is 8.14. The predicted molar refractivity (Wildman–Crippen MR) is 149 cm³/mol. The van der Waals surface area contributed by atoms with E-state index in [1.165, 1.54) is 24.0 Å². The fraction of sp³-hybridized carbons (Fsp3) is 0.200. The highest BCUT2D eigenvalue weighted by Crippen LogP contribution is 2.28. The first-order chi connectivity index (χ1) is 17.2. The third-order valence-electron chi connectivity index (χ3n) is 6.30. The van der Waals surface area contributed by atoms with E-state index in [9.17, 15) is 0 Å². The summed E-state index contributed by atoms with van der Waals surface area (Å²) in [4.78, 5) is 9.44. The van der Waals surface area contributed by atoms with Crippen molar-refractivity contribution in [3.63, 3.8) is 0 Å². The van der Waals surface area contributed by atoms with Gasteiger partial charge in [0.1, 0.15) is 11.6 Å². The third kappa shape index (κ3) is 5.80. The van der Waals surface area contributed by atoms with Gasteiger partial charge in [-0.15, -0.1) is 0 Å². The number of benzene rings is 2. The van der Waals surface area contributed by atoms with Gasteiger partial charge in [0.05, 0.1) is 12.6 Å². The highest BCUT2D eigenvalue weighted by atomic mass is 79.9. The van der Waals surface area contributed by atoms with Crippen LogP contribution in [0.4, 0.5) is 5.82 Å². The second kappa shape index (κ2) is 10.9. The molecule has 0 spiro atoms. The molecule has 5 rings (SSSR count). The lowest BCUT2D eigenvalue weighted by atomic mass is 9.94. The fourth-order valence-electron chi connectivity index (χ4n) is 4.37. The van der Waals surface area contributed by atoms with E-state index in [1.807, 2.05) is 36.7 Å². The van der Waals surface area contributed by atoms with E-state index < -0.39 is 0 Å². The average molecular weight is 526 g/mol. The lowest BCUT2D eigenvalue weighted by Gasteiger charge is -2.13. The molecule has 1 N–H and O–H groups in total. The van der Waals surface area contributed by atoms with Crippen LogP contribution in [0.15, 0.2) is 77.5 Å². The molecule has 0 aliphatic heterocycles. The van der Waals surface area contributed by atoms with Crippen LogP contribution in [-0.4, -0.2) is 17.1 Å². The molecule has 2 heterocycles. The van der Waals surface area contributed by atoms with E-state index in [2.05, 4.69) is 74.8 Å². The molecule has 176 valence electrons. The van der Waals surface area contributed by atoms with Crippen LogP contribution in [0.25, 0.3) is 28.6 Å². The van der Waals surface area contributed by atoms with Crippen molar-refractivity contribution in [1.29, 1.82) is 0 Å². The normalized spacial score (nSPS) is 13.7. The Morgan fingerprint density at radius 1 is 1.00 bits per heavy atom. The molecule has 0 bridgehead atoms. The summed E-state index contributed by atoms with van der Waals surface area (Å²) in [6, 6.07) is 18.7. The van der Waals surface area contributed by atoms with Crippen LogP contribution in [0.5, 0.6) is 5.75 Å². The lowest BCUT2D eigenvalue weighted by Crippen LogP contribution is -2.03. The van der Waals surface area contributed by atoms with Crippen molar-refractivity contribution in [2.45, 2.75) is 32.2 Å². The lowest BCUT2D eigenvalue weighted by molar-refractivity contribution is 0.414. The molecule has 0 fully saturated rings. The van der Waals surface area contributed by atoms with E-state index in [0.717, 1.165) is 56.5 Å². The molecule has 0 saturated heterocycles. The van der Waals surface area contributed by atoms with Gasteiger partial charge in [0.25, 0.3) is 0 Å². The van der Waals surface area contributed by atoms with Crippen molar-refractivity contribution in [3.05, 3.63) is 99.8 Å². The van der Waals surface area contributed by atoms with Gasteiger partial charge in [-0.25, -0.2) is 4.98 Å². The number of nitrogens with zero attached hydrogens (tertiary/aromatic N) is 2. The van der Waals surface area contributed by atoms with Crippen molar-refractivity contribution in [3.8, 4) is 5.75 Å². The molecule has 5 heteroatoms. The summed E-state index contributed by atoms with van der Waals surface area (Å²) >= 11 is 3.58. The number of anilines is 1. The SMILES string of the molecule is COc1ccc(CNc2nc3ccc(Br)cc3cc2C=Cc2cncc(C3=CCCCC3)c2)cc1. The number of allylic oxidation sites excluding steroid dienone is 2. The Labute approximate surface area is 214 Å². The topological polar surface area (TPSA) is 47.0 Å². The summed E-state index contributed by atoms with van der Waals surface area (Å²) in [6.07, 6.45) is 15.3. The third-order valence-corrected chi connectivity index (χ3v) is 6.80. The molecule has 0 atom stereocenters. The van der Waals surface area contributed by atoms with Crippen LogP contribution >= 0.6 is 15.9 Å². The van der Waals surface area contributed by atoms with Gasteiger partial charge in [-0.3, -0.25) is 4.98 Å². The van der Waals surface area contributed by atoms with E-state index in [-0.39, 0.29) is 0 Å². The number of halogens is 1. The zero-order valence-electron chi connectivity index (χ0n) is 19.8. The largest absolute Gasteiger partial charge is 0.497 e. The molecular formula is C30H28BrN3O. The van der Waals surface area contributed by atoms with Gasteiger partial charge in [0, 0.05) is 34.4 Å². The highest BCUT2D eigenvalue weighted by Gasteiger charge is 2.08.